The van der Waals surface area contributed by atoms with E-state index in [4.69, 9.17) is 4.74 Å². The predicted molar refractivity (Wildman–Crippen MR) is 136 cm³/mol. The van der Waals surface area contributed by atoms with Gasteiger partial charge in [0.15, 0.2) is 11.0 Å². The fourth-order valence-corrected chi connectivity index (χ4v) is 4.47. The molecule has 0 saturated carbocycles. The molecule has 0 fully saturated rings. The number of non-ortho nitro benzene ring substituents is 1. The summed E-state index contributed by atoms with van der Waals surface area (Å²) in [6.07, 6.45) is 5.89. The first-order valence-electron chi connectivity index (χ1n) is 11.7. The van der Waals surface area contributed by atoms with Gasteiger partial charge in [0.1, 0.15) is 5.75 Å². The number of ether oxygens (including phenoxy) is 1. The van der Waals surface area contributed by atoms with Crippen molar-refractivity contribution in [3.05, 3.63) is 70.0 Å². The SMILES string of the molecule is CCCCCCCC(=O)NCc1nnc(SCc2cccc(OC)c2)n1-c1ccc([N+](=O)[O-])cc1. The fourth-order valence-electron chi connectivity index (χ4n) is 3.56. The van der Waals surface area contributed by atoms with Gasteiger partial charge < -0.3 is 10.1 Å². The molecule has 0 atom stereocenters. The van der Waals surface area contributed by atoms with Gasteiger partial charge in [-0.15, -0.1) is 10.2 Å². The highest BCUT2D eigenvalue weighted by Gasteiger charge is 2.17. The lowest BCUT2D eigenvalue weighted by Gasteiger charge is -2.11. The molecule has 3 rings (SSSR count). The van der Waals surface area contributed by atoms with Crippen molar-refractivity contribution in [1.29, 1.82) is 0 Å². The van der Waals surface area contributed by atoms with E-state index in [9.17, 15) is 14.9 Å². The number of hydrogen-bond donors (Lipinski definition) is 1. The zero-order valence-electron chi connectivity index (χ0n) is 20.1. The van der Waals surface area contributed by atoms with Crippen LogP contribution in [0.3, 0.4) is 0 Å². The van der Waals surface area contributed by atoms with Crippen LogP contribution in [0.5, 0.6) is 5.75 Å². The van der Waals surface area contributed by atoms with Gasteiger partial charge in [-0.2, -0.15) is 0 Å². The minimum absolute atomic E-state index is 0.00494. The molecule has 10 heteroatoms. The molecule has 0 saturated heterocycles. The molecule has 0 aliphatic rings. The Morgan fingerprint density at radius 3 is 2.60 bits per heavy atom. The van der Waals surface area contributed by atoms with Crippen molar-refractivity contribution in [1.82, 2.24) is 20.1 Å². The zero-order chi connectivity index (χ0) is 25.0. The zero-order valence-corrected chi connectivity index (χ0v) is 20.9. The molecular formula is C25H31N5O4S. The number of carbonyl (C=O) groups excluding carboxylic acids is 1. The van der Waals surface area contributed by atoms with Crippen LogP contribution < -0.4 is 10.1 Å². The summed E-state index contributed by atoms with van der Waals surface area (Å²) in [5.41, 5.74) is 1.76. The quantitative estimate of drug-likeness (QED) is 0.136. The maximum atomic E-state index is 12.3. The molecule has 35 heavy (non-hydrogen) atoms. The number of nitro benzene ring substituents is 1. The van der Waals surface area contributed by atoms with Crippen LogP contribution >= 0.6 is 11.8 Å². The van der Waals surface area contributed by atoms with E-state index >= 15 is 0 Å². The number of amides is 1. The molecule has 3 aromatic rings. The Labute approximate surface area is 209 Å². The molecule has 0 unspecified atom stereocenters. The number of nitro groups is 1. The largest absolute Gasteiger partial charge is 0.497 e. The van der Waals surface area contributed by atoms with E-state index in [1.165, 1.54) is 36.7 Å². The summed E-state index contributed by atoms with van der Waals surface area (Å²) in [7, 11) is 1.63. The van der Waals surface area contributed by atoms with Crippen LogP contribution in [-0.2, 0) is 17.1 Å². The summed E-state index contributed by atoms with van der Waals surface area (Å²) in [6.45, 7) is 2.38. The van der Waals surface area contributed by atoms with E-state index in [0.717, 1.165) is 30.6 Å². The average Bonchev–Trinajstić information content (AvgIpc) is 3.29. The van der Waals surface area contributed by atoms with Crippen LogP contribution in [0.15, 0.2) is 53.7 Å². The molecule has 0 spiro atoms. The smallest absolute Gasteiger partial charge is 0.269 e. The standard InChI is InChI=1S/C25H31N5O4S/c1-3-4-5-6-7-11-24(31)26-17-23-27-28-25(35-18-19-9-8-10-22(16-19)34-2)29(23)20-12-14-21(15-13-20)30(32)33/h8-10,12-16H,3-7,11,17-18H2,1-2H3,(H,26,31). The third-order valence-corrected chi connectivity index (χ3v) is 6.47. The summed E-state index contributed by atoms with van der Waals surface area (Å²) in [5.74, 6) is 1.95. The molecule has 9 nitrogen and oxygen atoms in total. The lowest BCUT2D eigenvalue weighted by Crippen LogP contribution is -2.24. The Morgan fingerprint density at radius 2 is 1.89 bits per heavy atom. The first-order valence-corrected chi connectivity index (χ1v) is 12.7. The number of rotatable bonds is 14. The van der Waals surface area contributed by atoms with E-state index in [-0.39, 0.29) is 18.1 Å². The third kappa shape index (κ3) is 7.81. The van der Waals surface area contributed by atoms with Crippen LogP contribution in [0, 0.1) is 10.1 Å². The Kier molecular flexibility index (Phi) is 10.1. The monoisotopic (exact) mass is 497 g/mol. The molecule has 2 aromatic carbocycles. The number of carbonyl (C=O) groups is 1. The summed E-state index contributed by atoms with van der Waals surface area (Å²) < 4.78 is 7.13. The molecule has 1 amide bonds. The molecule has 0 bridgehead atoms. The van der Waals surface area contributed by atoms with Gasteiger partial charge in [0.2, 0.25) is 5.91 Å². The van der Waals surface area contributed by atoms with Crippen molar-refractivity contribution in [3.63, 3.8) is 0 Å². The minimum Gasteiger partial charge on any atom is -0.497 e. The molecule has 0 aliphatic carbocycles. The second kappa shape index (κ2) is 13.5. The van der Waals surface area contributed by atoms with Gasteiger partial charge in [-0.3, -0.25) is 19.5 Å². The summed E-state index contributed by atoms with van der Waals surface area (Å²) in [5, 5.41) is 23.3. The molecule has 1 aromatic heterocycles. The van der Waals surface area contributed by atoms with Crippen LogP contribution in [0.2, 0.25) is 0 Å². The second-order valence-corrected chi connectivity index (χ2v) is 9.03. The van der Waals surface area contributed by atoms with Crippen molar-refractivity contribution in [2.24, 2.45) is 0 Å². The van der Waals surface area contributed by atoms with Crippen molar-refractivity contribution >= 4 is 23.4 Å². The Balaban J connectivity index is 1.74. The van der Waals surface area contributed by atoms with E-state index in [2.05, 4.69) is 22.4 Å². The molecular weight excluding hydrogens is 466 g/mol. The molecule has 1 N–H and O–H groups in total. The highest BCUT2D eigenvalue weighted by atomic mass is 32.2. The predicted octanol–water partition coefficient (Wildman–Crippen LogP) is 5.45. The van der Waals surface area contributed by atoms with Crippen molar-refractivity contribution < 1.29 is 14.5 Å². The highest BCUT2D eigenvalue weighted by Crippen LogP contribution is 2.27. The average molecular weight is 498 g/mol. The fraction of sp³-hybridized carbons (Fsp3) is 0.400. The van der Waals surface area contributed by atoms with Gasteiger partial charge in [-0.05, 0) is 36.2 Å². The summed E-state index contributed by atoms with van der Waals surface area (Å²) in [4.78, 5) is 23.0. The number of hydrogen-bond acceptors (Lipinski definition) is 7. The lowest BCUT2D eigenvalue weighted by molar-refractivity contribution is -0.384. The molecule has 0 aliphatic heterocycles. The summed E-state index contributed by atoms with van der Waals surface area (Å²) >= 11 is 1.49. The van der Waals surface area contributed by atoms with E-state index in [0.29, 0.717) is 28.8 Å². The first kappa shape index (κ1) is 26.2. The number of thioether (sulfide) groups is 1. The first-order chi connectivity index (χ1) is 17.0. The van der Waals surface area contributed by atoms with Crippen molar-refractivity contribution in [2.75, 3.05) is 7.11 Å². The molecule has 1 heterocycles. The van der Waals surface area contributed by atoms with Crippen LogP contribution in [-0.4, -0.2) is 32.7 Å². The van der Waals surface area contributed by atoms with Crippen LogP contribution in [0.1, 0.15) is 56.8 Å². The Bertz CT molecular complexity index is 1120. The topological polar surface area (TPSA) is 112 Å². The van der Waals surface area contributed by atoms with E-state index < -0.39 is 4.92 Å². The number of nitrogens with zero attached hydrogens (tertiary/aromatic N) is 4. The maximum Gasteiger partial charge on any atom is 0.269 e. The van der Waals surface area contributed by atoms with E-state index in [1.54, 1.807) is 19.2 Å². The lowest BCUT2D eigenvalue weighted by atomic mass is 10.1. The number of nitrogens with one attached hydrogen (secondary N) is 1. The van der Waals surface area contributed by atoms with Gasteiger partial charge >= 0.3 is 0 Å². The van der Waals surface area contributed by atoms with Crippen LogP contribution in [0.25, 0.3) is 5.69 Å². The number of benzene rings is 2. The Hall–Kier alpha value is -3.40. The molecule has 186 valence electrons. The molecule has 0 radical (unpaired) electrons. The number of unbranched alkanes of at least 4 members (excludes halogenated alkanes) is 4. The van der Waals surface area contributed by atoms with Crippen molar-refractivity contribution in [3.8, 4) is 11.4 Å². The van der Waals surface area contributed by atoms with Gasteiger partial charge in [0, 0.05) is 30.0 Å². The van der Waals surface area contributed by atoms with Gasteiger partial charge in [-0.1, -0.05) is 56.5 Å². The number of aromatic nitrogens is 3. The van der Waals surface area contributed by atoms with E-state index in [1.807, 2.05) is 28.8 Å². The Morgan fingerprint density at radius 1 is 1.11 bits per heavy atom. The normalized spacial score (nSPS) is 10.8. The van der Waals surface area contributed by atoms with Gasteiger partial charge in [0.25, 0.3) is 5.69 Å². The highest BCUT2D eigenvalue weighted by molar-refractivity contribution is 7.98. The third-order valence-electron chi connectivity index (χ3n) is 5.47. The van der Waals surface area contributed by atoms with Gasteiger partial charge in [-0.25, -0.2) is 0 Å². The van der Waals surface area contributed by atoms with Crippen molar-refractivity contribution in [2.45, 2.75) is 62.9 Å². The maximum absolute atomic E-state index is 12.3. The second-order valence-electron chi connectivity index (χ2n) is 8.09. The van der Waals surface area contributed by atoms with Crippen LogP contribution in [0.4, 0.5) is 5.69 Å². The van der Waals surface area contributed by atoms with Gasteiger partial charge in [0.05, 0.1) is 18.6 Å². The minimum atomic E-state index is -0.434. The summed E-state index contributed by atoms with van der Waals surface area (Å²) in [6, 6.07) is 14.0. The number of methoxy groups -OCH3 is 1.